The van der Waals surface area contributed by atoms with Crippen molar-refractivity contribution in [1.82, 2.24) is 5.32 Å². The number of aliphatic hydroxyl groups excluding tert-OH is 4. The molecule has 218 valence electrons. The number of rotatable bonds is 17. The predicted molar refractivity (Wildman–Crippen MR) is 127 cm³/mol. The number of hydrogen-bond acceptors (Lipinski definition) is 12. The van der Waals surface area contributed by atoms with Crippen LogP contribution in [0.2, 0.25) is 0 Å². The van der Waals surface area contributed by atoms with Gasteiger partial charge in [0.05, 0.1) is 6.61 Å². The van der Waals surface area contributed by atoms with Gasteiger partial charge in [0.15, 0.2) is 6.23 Å². The van der Waals surface area contributed by atoms with Gasteiger partial charge in [-0.05, 0) is 37.5 Å². The average molecular weight is 594 g/mol. The molecule has 0 aromatic heterocycles. The first kappa shape index (κ1) is 41.3. The quantitative estimate of drug-likeness (QED) is 0.0359. The van der Waals surface area contributed by atoms with Crippen LogP contribution in [0.25, 0.3) is 0 Å². The molecule has 1 rings (SSSR count). The Morgan fingerprint density at radius 3 is 2.08 bits per heavy atom. The summed E-state index contributed by atoms with van der Waals surface area (Å²) < 4.78 is 5.12. The van der Waals surface area contributed by atoms with Crippen molar-refractivity contribution < 1.29 is 119 Å². The maximum atomic E-state index is 12.7. The van der Waals surface area contributed by atoms with Gasteiger partial charge < -0.3 is 50.9 Å². The number of amides is 1. The van der Waals surface area contributed by atoms with Crippen molar-refractivity contribution >= 4 is 29.6 Å². The van der Waals surface area contributed by atoms with Gasteiger partial charge >= 0.3 is 71.1 Å². The molecule has 40 heavy (non-hydrogen) atoms. The van der Waals surface area contributed by atoms with E-state index in [1.807, 2.05) is 6.92 Å². The Hall–Kier alpha value is -0.850. The summed E-state index contributed by atoms with van der Waals surface area (Å²) >= 11 is 0. The zero-order valence-corrected chi connectivity index (χ0v) is 27.1. The van der Waals surface area contributed by atoms with Crippen LogP contribution < -0.4 is 74.6 Å². The topological polar surface area (TPSA) is 265 Å². The summed E-state index contributed by atoms with van der Waals surface area (Å²) in [4.78, 5) is 42.3. The van der Waals surface area contributed by atoms with Crippen molar-refractivity contribution in [2.24, 2.45) is 9.98 Å². The number of carbonyl (C=O) groups excluding carboxylic acids is 1. The van der Waals surface area contributed by atoms with E-state index in [1.165, 1.54) is 0 Å². The van der Waals surface area contributed by atoms with Gasteiger partial charge in [0.1, 0.15) is 36.5 Å². The zero-order chi connectivity index (χ0) is 28.8. The van der Waals surface area contributed by atoms with E-state index < -0.39 is 98.2 Å². The molecule has 1 saturated heterocycles. The maximum absolute atomic E-state index is 12.7. The Morgan fingerprint density at radius 2 is 1.52 bits per heavy atom. The molecule has 0 bridgehead atoms. The second kappa shape index (κ2) is 21.8. The van der Waals surface area contributed by atoms with Crippen LogP contribution in [0.5, 0.6) is 0 Å². The Bertz CT molecular complexity index is 846. The summed E-state index contributed by atoms with van der Waals surface area (Å²) in [5, 5.41) is 83.6. The molecule has 7 N–H and O–H groups in total. The van der Waals surface area contributed by atoms with E-state index >= 15 is 0 Å². The number of aliphatic hydroxyl groups is 4. The van der Waals surface area contributed by atoms with Crippen molar-refractivity contribution in [2.75, 3.05) is 6.61 Å². The largest absolute Gasteiger partial charge is 1.00 e. The Morgan fingerprint density at radius 1 is 0.900 bits per heavy atom. The summed E-state index contributed by atoms with van der Waals surface area (Å²) in [5.41, 5.74) is 0. The van der Waals surface area contributed by atoms with Gasteiger partial charge in [-0.3, -0.25) is 19.6 Å². The third-order valence-electron chi connectivity index (χ3n) is 5.89. The molecule has 0 aliphatic carbocycles. The minimum absolute atomic E-state index is 0. The number of carboxylic acid groups (broad SMARTS) is 2. The van der Waals surface area contributed by atoms with Crippen molar-refractivity contribution in [1.29, 1.82) is 0 Å². The van der Waals surface area contributed by atoms with Gasteiger partial charge in [-0.1, -0.05) is 32.6 Å². The molecule has 0 radical (unpaired) electrons. The monoisotopic (exact) mass is 593 g/mol. The third kappa shape index (κ3) is 14.9. The fourth-order valence-corrected chi connectivity index (χ4v) is 3.66. The van der Waals surface area contributed by atoms with E-state index in [9.17, 15) is 50.1 Å². The Labute approximate surface area is 276 Å². The smallest absolute Gasteiger partial charge is 0.862 e. The molecule has 1 aliphatic heterocycles. The van der Waals surface area contributed by atoms with Crippen LogP contribution in [-0.4, -0.2) is 110 Å². The first-order valence-electron chi connectivity index (χ1n) is 12.4. The van der Waals surface area contributed by atoms with E-state index in [0.717, 1.165) is 19.3 Å². The number of hydrogen-bond donors (Lipinski definition) is 7. The zero-order valence-electron chi connectivity index (χ0n) is 23.1. The Kier molecular flexibility index (Phi) is 22.5. The molecular weight excluding hydrogens is 556 g/mol. The molecule has 0 spiro atoms. The molecule has 0 aromatic carbocycles. The summed E-state index contributed by atoms with van der Waals surface area (Å²) in [5.74, 6) is -5.27. The fraction of sp³-hybridized carbons (Fsp3) is 0.783. The van der Waals surface area contributed by atoms with E-state index in [2.05, 4.69) is 15.3 Å². The summed E-state index contributed by atoms with van der Waals surface area (Å²) in [6, 6.07) is -2.73. The maximum Gasteiger partial charge on any atom is 1.00 e. The standard InChI is InChI=1S/C23H39N3O12.2Na/c1-2-3-4-5-6-12(21(35)25-13(23(36)37)7-10-17(30)31)24-15(28)8-9-16(29)26-22-20(34)19(33)18(32)14(11-27)38-22;;/h12-14,18-20,22,27,32-34H,2-11H2,1H3,(H,24,28)(H,25,35)(H,26,29)(H,30,31)(H,36,37);;/q;2*+1/p-2/t12-,13+,14-,18-,19+,20-,22-;;/m1../s1. The molecule has 1 amide bonds. The van der Waals surface area contributed by atoms with E-state index in [1.54, 1.807) is 0 Å². The summed E-state index contributed by atoms with van der Waals surface area (Å²) in [6.07, 6.45) is -6.60. The van der Waals surface area contributed by atoms with Gasteiger partial charge in [-0.25, -0.2) is 4.79 Å². The molecule has 0 aromatic rings. The predicted octanol–water partition coefficient (Wildman–Crippen LogP) is -9.13. The molecule has 0 unspecified atom stereocenters. The SMILES string of the molecule is CCCCCC[C@@H](N=C([O-])CCC([O-])=N[C@@H]1O[C@H](CO)[C@@H](O)[C@H](O)[C@H]1O)C(=O)N[C@@H](CCC(=O)O)C(=O)O.[Na+].[Na+]. The van der Waals surface area contributed by atoms with Crippen LogP contribution in [-0.2, 0) is 19.1 Å². The average Bonchev–Trinajstić information content (AvgIpc) is 2.86. The summed E-state index contributed by atoms with van der Waals surface area (Å²) in [6.45, 7) is 1.27. The van der Waals surface area contributed by atoms with E-state index in [4.69, 9.17) is 9.84 Å². The second-order valence-corrected chi connectivity index (χ2v) is 8.96. The van der Waals surface area contributed by atoms with Crippen molar-refractivity contribution in [2.45, 2.75) is 107 Å². The minimum atomic E-state index is -1.75. The molecule has 1 heterocycles. The van der Waals surface area contributed by atoms with Crippen molar-refractivity contribution in [3.8, 4) is 0 Å². The van der Waals surface area contributed by atoms with Crippen LogP contribution in [0.1, 0.15) is 64.7 Å². The first-order chi connectivity index (χ1) is 17.9. The number of ether oxygens (including phenoxy) is 1. The van der Waals surface area contributed by atoms with Crippen LogP contribution in [0, 0.1) is 0 Å². The van der Waals surface area contributed by atoms with E-state index in [0.29, 0.717) is 6.42 Å². The van der Waals surface area contributed by atoms with Gasteiger partial charge in [0, 0.05) is 6.42 Å². The normalized spacial score (nSPS) is 24.7. The minimum Gasteiger partial charge on any atom is -0.862 e. The number of nitrogens with zero attached hydrogens (tertiary/aromatic N) is 2. The Balaban J connectivity index is 0. The van der Waals surface area contributed by atoms with Gasteiger partial charge in [0.25, 0.3) is 0 Å². The number of aliphatic carboxylic acids is 2. The molecule has 17 heteroatoms. The molecule has 1 aliphatic rings. The number of aliphatic imine (C=N–C) groups is 2. The first-order valence-corrected chi connectivity index (χ1v) is 12.4. The van der Waals surface area contributed by atoms with Crippen molar-refractivity contribution in [3.05, 3.63) is 0 Å². The number of nitrogens with one attached hydrogen (secondary N) is 1. The van der Waals surface area contributed by atoms with Gasteiger partial charge in [0.2, 0.25) is 5.91 Å². The number of carboxylic acids is 2. The fourth-order valence-electron chi connectivity index (χ4n) is 3.66. The van der Waals surface area contributed by atoms with Crippen LogP contribution in [0.3, 0.4) is 0 Å². The second-order valence-electron chi connectivity index (χ2n) is 8.96. The molecule has 15 nitrogen and oxygen atoms in total. The summed E-state index contributed by atoms with van der Waals surface area (Å²) in [7, 11) is 0. The van der Waals surface area contributed by atoms with Crippen LogP contribution in [0.4, 0.5) is 0 Å². The number of unbranched alkanes of at least 4 members (excludes halogenated alkanes) is 3. The number of carbonyl (C=O) groups is 3. The van der Waals surface area contributed by atoms with Gasteiger partial charge in [-0.15, -0.1) is 0 Å². The third-order valence-corrected chi connectivity index (χ3v) is 5.89. The van der Waals surface area contributed by atoms with Crippen molar-refractivity contribution in [3.63, 3.8) is 0 Å². The van der Waals surface area contributed by atoms with Gasteiger partial charge in [-0.2, -0.15) is 0 Å². The van der Waals surface area contributed by atoms with Crippen LogP contribution in [0.15, 0.2) is 9.98 Å². The molecule has 7 atom stereocenters. The molecule has 1 fully saturated rings. The van der Waals surface area contributed by atoms with E-state index in [-0.39, 0.29) is 72.0 Å². The molecule has 0 saturated carbocycles. The van der Waals surface area contributed by atoms with Crippen LogP contribution >= 0.6 is 0 Å². The molecular formula is C23H37N3Na2O12.